The Morgan fingerprint density at radius 1 is 1.06 bits per heavy atom. The van der Waals surface area contributed by atoms with Gasteiger partial charge >= 0.3 is 6.03 Å². The van der Waals surface area contributed by atoms with Crippen LogP contribution in [0.25, 0.3) is 0 Å². The van der Waals surface area contributed by atoms with Gasteiger partial charge in [0.2, 0.25) is 0 Å². The van der Waals surface area contributed by atoms with Crippen LogP contribution in [0.15, 0.2) is 57.5 Å². The molecule has 1 aliphatic heterocycles. The van der Waals surface area contributed by atoms with Crippen LogP contribution in [-0.4, -0.2) is 35.6 Å². The van der Waals surface area contributed by atoms with E-state index >= 15 is 0 Å². The van der Waals surface area contributed by atoms with E-state index in [1.807, 2.05) is 76.2 Å². The van der Waals surface area contributed by atoms with Crippen LogP contribution in [0, 0.1) is 5.41 Å². The first-order chi connectivity index (χ1) is 14.4. The molecule has 2 aromatic rings. The number of urea groups is 1. The van der Waals surface area contributed by atoms with Gasteiger partial charge in [-0.25, -0.2) is 4.79 Å². The maximum atomic E-state index is 11.7. The van der Waals surface area contributed by atoms with Crippen molar-refractivity contribution in [2.24, 2.45) is 5.41 Å². The van der Waals surface area contributed by atoms with Gasteiger partial charge in [0, 0.05) is 34.1 Å². The zero-order valence-electron chi connectivity index (χ0n) is 18.4. The summed E-state index contributed by atoms with van der Waals surface area (Å²) in [4.78, 5) is 25.2. The van der Waals surface area contributed by atoms with E-state index in [2.05, 4.69) is 37.2 Å². The Morgan fingerprint density at radius 2 is 1.56 bits per heavy atom. The highest BCUT2D eigenvalue weighted by Crippen LogP contribution is 2.24. The van der Waals surface area contributed by atoms with Crippen LogP contribution in [0.4, 0.5) is 10.5 Å². The van der Waals surface area contributed by atoms with Crippen molar-refractivity contribution in [2.75, 3.05) is 18.1 Å². The number of carbonyl (C=O) groups is 2. The molecule has 32 heavy (non-hydrogen) atoms. The second kappa shape index (κ2) is 12.0. The Hall–Kier alpha value is -1.70. The predicted octanol–water partition coefficient (Wildman–Crippen LogP) is 6.36. The first-order valence-corrected chi connectivity index (χ1v) is 11.7. The lowest BCUT2D eigenvalue weighted by molar-refractivity contribution is -0.120. The predicted molar refractivity (Wildman–Crippen MR) is 139 cm³/mol. The average Bonchev–Trinajstić information content (AvgIpc) is 2.97. The molecule has 2 aromatic carbocycles. The fraction of sp³-hybridized carbons (Fsp3) is 0.440. The minimum absolute atomic E-state index is 0. The van der Waals surface area contributed by atoms with E-state index in [1.54, 1.807) is 4.90 Å². The molecule has 1 saturated heterocycles. The van der Waals surface area contributed by atoms with Crippen molar-refractivity contribution in [3.05, 3.63) is 63.0 Å². The monoisotopic (exact) mass is 568 g/mol. The molecule has 5 nitrogen and oxygen atoms in total. The molecule has 2 N–H and O–H groups in total. The summed E-state index contributed by atoms with van der Waals surface area (Å²) in [6, 6.07) is 15.5. The summed E-state index contributed by atoms with van der Waals surface area (Å²) in [6.07, 6.45) is 0.857. The van der Waals surface area contributed by atoms with Crippen LogP contribution < -0.4 is 10.2 Å². The van der Waals surface area contributed by atoms with E-state index in [9.17, 15) is 9.59 Å². The zero-order valence-corrected chi connectivity index (χ0v) is 21.6. The highest BCUT2D eigenvalue weighted by atomic mass is 79.9. The van der Waals surface area contributed by atoms with Crippen molar-refractivity contribution >= 4 is 49.4 Å². The van der Waals surface area contributed by atoms with Crippen molar-refractivity contribution in [3.63, 3.8) is 0 Å². The molecule has 7 heteroatoms. The van der Waals surface area contributed by atoms with Gasteiger partial charge in [-0.2, -0.15) is 0 Å². The van der Waals surface area contributed by atoms with Gasteiger partial charge < -0.3 is 10.4 Å². The molecule has 1 fully saturated rings. The van der Waals surface area contributed by atoms with E-state index in [-0.39, 0.29) is 36.8 Å². The van der Waals surface area contributed by atoms with Gasteiger partial charge in [0.1, 0.15) is 5.78 Å². The Morgan fingerprint density at radius 3 is 2.00 bits per heavy atom. The van der Waals surface area contributed by atoms with E-state index in [0.717, 1.165) is 20.2 Å². The second-order valence-corrected chi connectivity index (χ2v) is 11.0. The third-order valence-electron chi connectivity index (χ3n) is 4.80. The smallest absolute Gasteiger partial charge is 0.322 e. The number of hydrogen-bond acceptors (Lipinski definition) is 3. The normalized spacial score (nSPS) is 14.7. The highest BCUT2D eigenvalue weighted by molar-refractivity contribution is 9.10. The van der Waals surface area contributed by atoms with Crippen LogP contribution in [-0.2, 0) is 11.2 Å². The van der Waals surface area contributed by atoms with Gasteiger partial charge in [-0.3, -0.25) is 9.69 Å². The number of rotatable bonds is 6. The van der Waals surface area contributed by atoms with Crippen LogP contribution in [0.5, 0.6) is 0 Å². The summed E-state index contributed by atoms with van der Waals surface area (Å²) in [7, 11) is 0. The van der Waals surface area contributed by atoms with Gasteiger partial charge in [0.15, 0.2) is 0 Å². The standard InChI is InChI=1S/C13H17BrO2.C11H13BrN2O.CH4/c1-13(2,9-15)8-12(16)7-10-3-5-11(14)6-4-10;1-11(2)7-14(10(15)13-11)9-5-3-8(12)4-6-9;/h3-6,15H,7-9H2,1-2H3;3-6H,7H2,1-2H3,(H,13,15);1H4. The van der Waals surface area contributed by atoms with Crippen LogP contribution in [0.3, 0.4) is 0 Å². The average molecular weight is 570 g/mol. The van der Waals surface area contributed by atoms with Crippen molar-refractivity contribution in [1.29, 1.82) is 0 Å². The molecule has 0 radical (unpaired) electrons. The minimum Gasteiger partial charge on any atom is -0.396 e. The molecule has 1 heterocycles. The number of halogens is 2. The summed E-state index contributed by atoms with van der Waals surface area (Å²) < 4.78 is 2.03. The SMILES string of the molecule is C.CC(C)(CO)CC(=O)Cc1ccc(Br)cc1.CC1(C)CN(c2ccc(Br)cc2)C(=O)N1. The van der Waals surface area contributed by atoms with Gasteiger partial charge in [-0.05, 0) is 61.2 Å². The van der Waals surface area contributed by atoms with Gasteiger partial charge in [0.25, 0.3) is 0 Å². The number of Topliss-reactive ketones (excluding diaryl/α,β-unsaturated/α-hetero) is 1. The lowest BCUT2D eigenvalue weighted by Gasteiger charge is -2.20. The third kappa shape index (κ3) is 9.04. The fourth-order valence-electron chi connectivity index (χ4n) is 3.18. The van der Waals surface area contributed by atoms with Crippen molar-refractivity contribution < 1.29 is 14.7 Å². The first-order valence-electron chi connectivity index (χ1n) is 10.1. The number of amides is 2. The van der Waals surface area contributed by atoms with Crippen LogP contribution in [0.2, 0.25) is 0 Å². The molecule has 176 valence electrons. The van der Waals surface area contributed by atoms with Gasteiger partial charge in [-0.1, -0.05) is 65.3 Å². The number of aliphatic hydroxyl groups is 1. The third-order valence-corrected chi connectivity index (χ3v) is 5.86. The number of benzene rings is 2. The molecule has 1 aliphatic rings. The molecule has 0 spiro atoms. The molecular formula is C25H34Br2N2O3. The Labute approximate surface area is 208 Å². The van der Waals surface area contributed by atoms with E-state index in [1.165, 1.54) is 0 Å². The van der Waals surface area contributed by atoms with Gasteiger partial charge in [-0.15, -0.1) is 0 Å². The number of carbonyl (C=O) groups excluding carboxylic acids is 2. The van der Waals surface area contributed by atoms with E-state index in [0.29, 0.717) is 19.4 Å². The summed E-state index contributed by atoms with van der Waals surface area (Å²) in [5.74, 6) is 0.168. The number of anilines is 1. The minimum atomic E-state index is -0.313. The number of nitrogens with zero attached hydrogens (tertiary/aromatic N) is 1. The molecule has 0 unspecified atom stereocenters. The zero-order chi connectivity index (χ0) is 23.2. The van der Waals surface area contributed by atoms with Crippen molar-refractivity contribution in [1.82, 2.24) is 5.32 Å². The summed E-state index contributed by atoms with van der Waals surface area (Å²) in [6.45, 7) is 8.57. The van der Waals surface area contributed by atoms with Gasteiger partial charge in [0.05, 0.1) is 12.1 Å². The lowest BCUT2D eigenvalue weighted by atomic mass is 9.87. The molecule has 0 bridgehead atoms. The number of ketones is 1. The Balaban J connectivity index is 0.000000311. The maximum absolute atomic E-state index is 11.7. The number of hydrogen-bond donors (Lipinski definition) is 2. The molecule has 2 amide bonds. The fourth-order valence-corrected chi connectivity index (χ4v) is 3.70. The molecule has 0 saturated carbocycles. The highest BCUT2D eigenvalue weighted by Gasteiger charge is 2.35. The van der Waals surface area contributed by atoms with Crippen molar-refractivity contribution in [3.8, 4) is 0 Å². The molecular weight excluding hydrogens is 536 g/mol. The summed E-state index contributed by atoms with van der Waals surface area (Å²) >= 11 is 6.73. The summed E-state index contributed by atoms with van der Waals surface area (Å²) in [5, 5.41) is 12.0. The maximum Gasteiger partial charge on any atom is 0.322 e. The Kier molecular flexibility index (Phi) is 10.6. The topological polar surface area (TPSA) is 69.6 Å². The van der Waals surface area contributed by atoms with Crippen LogP contribution >= 0.6 is 31.9 Å². The lowest BCUT2D eigenvalue weighted by Crippen LogP contribution is -2.36. The molecule has 3 rings (SSSR count). The number of nitrogens with one attached hydrogen (secondary N) is 1. The summed E-state index contributed by atoms with van der Waals surface area (Å²) in [5.41, 5.74) is 1.49. The largest absolute Gasteiger partial charge is 0.396 e. The van der Waals surface area contributed by atoms with Crippen molar-refractivity contribution in [2.45, 2.75) is 53.5 Å². The second-order valence-electron chi connectivity index (χ2n) is 9.22. The van der Waals surface area contributed by atoms with E-state index < -0.39 is 0 Å². The quantitative estimate of drug-likeness (QED) is 0.425. The van der Waals surface area contributed by atoms with Crippen LogP contribution in [0.1, 0.15) is 47.1 Å². The molecule has 0 atom stereocenters. The molecule has 0 aliphatic carbocycles. The molecule has 0 aromatic heterocycles. The Bertz CT molecular complexity index is 894. The first kappa shape index (κ1) is 28.3. The number of aliphatic hydroxyl groups excluding tert-OH is 1. The van der Waals surface area contributed by atoms with E-state index in [4.69, 9.17) is 5.11 Å².